The van der Waals surface area contributed by atoms with Crippen molar-refractivity contribution < 1.29 is 9.59 Å². The molecule has 0 aliphatic carbocycles. The number of piperidine rings is 1. The molecule has 1 saturated heterocycles. The maximum absolute atomic E-state index is 12.1. The van der Waals surface area contributed by atoms with Crippen LogP contribution >= 0.6 is 0 Å². The fourth-order valence-corrected chi connectivity index (χ4v) is 2.04. The van der Waals surface area contributed by atoms with Gasteiger partial charge in [0.15, 0.2) is 0 Å². The topological polar surface area (TPSA) is 61.4 Å². The minimum absolute atomic E-state index is 0.0293. The Hall–Kier alpha value is -1.10. The maximum atomic E-state index is 12.1. The Bertz CT molecular complexity index is 286. The second-order valence-electron chi connectivity index (χ2n) is 5.44. The zero-order valence-electron chi connectivity index (χ0n) is 11.7. The van der Waals surface area contributed by atoms with Gasteiger partial charge in [0.05, 0.1) is 12.5 Å². The van der Waals surface area contributed by atoms with Crippen LogP contribution in [0.4, 0.5) is 0 Å². The predicted octanol–water partition coefficient (Wildman–Crippen LogP) is 0.217. The maximum Gasteiger partial charge on any atom is 0.239 e. The number of hydrogen-bond acceptors (Lipinski definition) is 3. The Morgan fingerprint density at radius 3 is 2.72 bits per heavy atom. The minimum atomic E-state index is -0.0803. The van der Waals surface area contributed by atoms with Gasteiger partial charge in [0.2, 0.25) is 11.8 Å². The molecule has 0 aromatic carbocycles. The predicted molar refractivity (Wildman–Crippen MR) is 71.1 cm³/mol. The number of carbonyl (C=O) groups excluding carboxylic acids is 2. The number of carbonyl (C=O) groups is 2. The number of hydrogen-bond donors (Lipinski definition) is 2. The number of nitrogens with one attached hydrogen (secondary N) is 2. The highest BCUT2D eigenvalue weighted by Gasteiger charge is 2.24. The normalized spacial score (nSPS) is 19.7. The summed E-state index contributed by atoms with van der Waals surface area (Å²) in [6.07, 6.45) is 1.95. The van der Waals surface area contributed by atoms with Crippen LogP contribution in [0.5, 0.6) is 0 Å². The van der Waals surface area contributed by atoms with Gasteiger partial charge in [-0.1, -0.05) is 13.8 Å². The van der Waals surface area contributed by atoms with Crippen LogP contribution in [0, 0.1) is 11.8 Å². The van der Waals surface area contributed by atoms with E-state index < -0.39 is 0 Å². The molecule has 0 saturated carbocycles. The summed E-state index contributed by atoms with van der Waals surface area (Å²) in [7, 11) is 1.70. The highest BCUT2D eigenvalue weighted by Crippen LogP contribution is 2.12. The molecule has 0 aromatic heterocycles. The molecule has 0 radical (unpaired) electrons. The van der Waals surface area contributed by atoms with E-state index in [0.29, 0.717) is 12.5 Å². The van der Waals surface area contributed by atoms with Crippen molar-refractivity contribution in [2.24, 2.45) is 11.8 Å². The van der Waals surface area contributed by atoms with E-state index in [2.05, 4.69) is 10.6 Å². The van der Waals surface area contributed by atoms with E-state index in [9.17, 15) is 9.59 Å². The van der Waals surface area contributed by atoms with E-state index in [0.717, 1.165) is 25.9 Å². The van der Waals surface area contributed by atoms with Gasteiger partial charge in [-0.3, -0.25) is 9.59 Å². The van der Waals surface area contributed by atoms with Crippen LogP contribution < -0.4 is 10.6 Å². The van der Waals surface area contributed by atoms with Crippen LogP contribution in [0.15, 0.2) is 0 Å². The smallest absolute Gasteiger partial charge is 0.239 e. The molecule has 1 aliphatic rings. The lowest BCUT2D eigenvalue weighted by Gasteiger charge is -2.26. The van der Waals surface area contributed by atoms with Gasteiger partial charge in [-0.15, -0.1) is 0 Å². The number of nitrogens with zero attached hydrogens (tertiary/aromatic N) is 1. The lowest BCUT2D eigenvalue weighted by Crippen LogP contribution is -2.45. The highest BCUT2D eigenvalue weighted by atomic mass is 16.2. The third-order valence-corrected chi connectivity index (χ3v) is 3.11. The Labute approximate surface area is 109 Å². The van der Waals surface area contributed by atoms with Gasteiger partial charge in [0.25, 0.3) is 0 Å². The summed E-state index contributed by atoms with van der Waals surface area (Å²) < 4.78 is 0. The van der Waals surface area contributed by atoms with Gasteiger partial charge >= 0.3 is 0 Å². The van der Waals surface area contributed by atoms with Crippen molar-refractivity contribution in [1.29, 1.82) is 0 Å². The first-order valence-electron chi connectivity index (χ1n) is 6.73. The van der Waals surface area contributed by atoms with E-state index in [4.69, 9.17) is 0 Å². The molecule has 0 aromatic rings. The van der Waals surface area contributed by atoms with Crippen LogP contribution in [0.25, 0.3) is 0 Å². The Morgan fingerprint density at radius 2 is 2.17 bits per heavy atom. The highest BCUT2D eigenvalue weighted by molar-refractivity contribution is 5.85. The molecular weight excluding hydrogens is 230 g/mol. The molecular formula is C13H25N3O2. The molecule has 1 atom stereocenters. The quantitative estimate of drug-likeness (QED) is 0.738. The van der Waals surface area contributed by atoms with Gasteiger partial charge in [-0.2, -0.15) is 0 Å². The number of amides is 2. The van der Waals surface area contributed by atoms with E-state index in [1.54, 1.807) is 7.05 Å². The van der Waals surface area contributed by atoms with E-state index in [-0.39, 0.29) is 24.3 Å². The van der Waals surface area contributed by atoms with Gasteiger partial charge in [-0.05, 0) is 25.3 Å². The first kappa shape index (κ1) is 15.0. The van der Waals surface area contributed by atoms with Crippen molar-refractivity contribution in [3.63, 3.8) is 0 Å². The molecule has 1 heterocycles. The molecule has 1 fully saturated rings. The third-order valence-electron chi connectivity index (χ3n) is 3.11. The minimum Gasteiger partial charge on any atom is -0.354 e. The summed E-state index contributed by atoms with van der Waals surface area (Å²) in [5.74, 6) is 0.448. The Balaban J connectivity index is 2.32. The van der Waals surface area contributed by atoms with Crippen LogP contribution in [0.3, 0.4) is 0 Å². The molecule has 5 heteroatoms. The van der Waals surface area contributed by atoms with Crippen LogP contribution in [0.2, 0.25) is 0 Å². The first-order valence-corrected chi connectivity index (χ1v) is 6.73. The van der Waals surface area contributed by atoms with Crippen molar-refractivity contribution in [2.45, 2.75) is 26.7 Å². The largest absolute Gasteiger partial charge is 0.354 e. The molecule has 5 nitrogen and oxygen atoms in total. The lowest BCUT2D eigenvalue weighted by molar-refractivity contribution is -0.138. The third kappa shape index (κ3) is 5.04. The molecule has 104 valence electrons. The molecule has 2 N–H and O–H groups in total. The molecule has 0 bridgehead atoms. The number of rotatable bonds is 5. The lowest BCUT2D eigenvalue weighted by atomic mass is 9.98. The van der Waals surface area contributed by atoms with Gasteiger partial charge in [0, 0.05) is 20.1 Å². The van der Waals surface area contributed by atoms with E-state index >= 15 is 0 Å². The van der Waals surface area contributed by atoms with Crippen molar-refractivity contribution in [2.75, 3.05) is 33.2 Å². The fraction of sp³-hybridized carbons (Fsp3) is 0.846. The molecule has 0 spiro atoms. The summed E-state index contributed by atoms with van der Waals surface area (Å²) >= 11 is 0. The van der Waals surface area contributed by atoms with Gasteiger partial charge in [-0.25, -0.2) is 0 Å². The summed E-state index contributed by atoms with van der Waals surface area (Å²) in [4.78, 5) is 25.2. The summed E-state index contributed by atoms with van der Waals surface area (Å²) in [5, 5.41) is 6.04. The van der Waals surface area contributed by atoms with Crippen LogP contribution in [0.1, 0.15) is 26.7 Å². The number of likely N-dealkylation sites (N-methyl/N-ethyl adjacent to an activating group) is 1. The van der Waals surface area contributed by atoms with Crippen LogP contribution in [-0.2, 0) is 9.59 Å². The van der Waals surface area contributed by atoms with Crippen molar-refractivity contribution in [1.82, 2.24) is 15.5 Å². The molecule has 1 rings (SSSR count). The second-order valence-corrected chi connectivity index (χ2v) is 5.44. The standard InChI is InChI=1S/C13H25N3O2/c1-10(2)7-15-12(17)9-16(3)13(18)11-5-4-6-14-8-11/h10-11,14H,4-9H2,1-3H3,(H,15,17). The van der Waals surface area contributed by atoms with Crippen molar-refractivity contribution >= 4 is 11.8 Å². The van der Waals surface area contributed by atoms with Crippen molar-refractivity contribution in [3.8, 4) is 0 Å². The molecule has 18 heavy (non-hydrogen) atoms. The average molecular weight is 255 g/mol. The second kappa shape index (κ2) is 7.36. The Kier molecular flexibility index (Phi) is 6.12. The van der Waals surface area contributed by atoms with Gasteiger partial charge in [0.1, 0.15) is 0 Å². The average Bonchev–Trinajstić information content (AvgIpc) is 2.36. The zero-order valence-corrected chi connectivity index (χ0v) is 11.7. The molecule has 1 aliphatic heterocycles. The summed E-state index contributed by atoms with van der Waals surface area (Å²) in [6, 6.07) is 0. The van der Waals surface area contributed by atoms with E-state index in [1.807, 2.05) is 13.8 Å². The van der Waals surface area contributed by atoms with Crippen molar-refractivity contribution in [3.05, 3.63) is 0 Å². The molecule has 2 amide bonds. The zero-order chi connectivity index (χ0) is 13.5. The summed E-state index contributed by atoms with van der Waals surface area (Å²) in [6.45, 7) is 6.62. The van der Waals surface area contributed by atoms with E-state index in [1.165, 1.54) is 4.90 Å². The Morgan fingerprint density at radius 1 is 1.44 bits per heavy atom. The van der Waals surface area contributed by atoms with Crippen LogP contribution in [-0.4, -0.2) is 49.9 Å². The summed E-state index contributed by atoms with van der Waals surface area (Å²) in [5.41, 5.74) is 0. The first-order chi connectivity index (χ1) is 8.50. The molecule has 1 unspecified atom stereocenters. The monoisotopic (exact) mass is 255 g/mol. The van der Waals surface area contributed by atoms with Gasteiger partial charge < -0.3 is 15.5 Å². The SMILES string of the molecule is CC(C)CNC(=O)CN(C)C(=O)C1CCCNC1. The fourth-order valence-electron chi connectivity index (χ4n) is 2.04.